The van der Waals surface area contributed by atoms with Gasteiger partial charge < -0.3 is 5.32 Å². The lowest BCUT2D eigenvalue weighted by Crippen LogP contribution is -2.28. The van der Waals surface area contributed by atoms with Gasteiger partial charge in [0.2, 0.25) is 5.91 Å². The summed E-state index contributed by atoms with van der Waals surface area (Å²) in [4.78, 5) is 11.5. The van der Waals surface area contributed by atoms with Gasteiger partial charge in [0.05, 0.1) is 6.20 Å². The number of carbonyl (C=O) groups excluding carboxylic acids is 1. The van der Waals surface area contributed by atoms with Gasteiger partial charge in [0.1, 0.15) is 17.5 Å². The summed E-state index contributed by atoms with van der Waals surface area (Å²) >= 11 is 0. The molecule has 0 aliphatic carbocycles. The van der Waals surface area contributed by atoms with Crippen molar-refractivity contribution in [2.45, 2.75) is 20.8 Å². The van der Waals surface area contributed by atoms with Crippen LogP contribution in [-0.4, -0.2) is 16.1 Å². The monoisotopic (exact) mass is 192 g/mol. The highest BCUT2D eigenvalue weighted by Crippen LogP contribution is 2.17. The molecule has 74 valence electrons. The average molecular weight is 192 g/mol. The van der Waals surface area contributed by atoms with Crippen molar-refractivity contribution in [2.75, 3.05) is 5.32 Å². The second-order valence-electron chi connectivity index (χ2n) is 3.97. The molecule has 0 atom stereocenters. The van der Waals surface area contributed by atoms with E-state index in [2.05, 4.69) is 15.5 Å². The number of amides is 1. The molecule has 0 fully saturated rings. The Morgan fingerprint density at radius 3 is 2.79 bits per heavy atom. The quantitative estimate of drug-likeness (QED) is 0.702. The number of nitrogens with zero attached hydrogens (tertiary/aromatic N) is 2. The van der Waals surface area contributed by atoms with Crippen LogP contribution >= 0.6 is 0 Å². The molecule has 1 rings (SSSR count). The molecule has 0 unspecified atom stereocenters. The van der Waals surface area contributed by atoms with Crippen LogP contribution < -0.4 is 5.32 Å². The van der Waals surface area contributed by atoms with Gasteiger partial charge in [-0.3, -0.25) is 9.89 Å². The maximum atomic E-state index is 11.5. The molecule has 0 saturated heterocycles. The van der Waals surface area contributed by atoms with Crippen molar-refractivity contribution in [3.05, 3.63) is 11.8 Å². The van der Waals surface area contributed by atoms with E-state index in [0.29, 0.717) is 11.4 Å². The molecule has 0 aliphatic rings. The maximum Gasteiger partial charge on any atom is 0.230 e. The van der Waals surface area contributed by atoms with Crippen molar-refractivity contribution in [2.24, 2.45) is 5.41 Å². The summed E-state index contributed by atoms with van der Waals surface area (Å²) in [5, 5.41) is 17.5. The van der Waals surface area contributed by atoms with Gasteiger partial charge in [-0.2, -0.15) is 10.4 Å². The SMILES string of the molecule is CC(C)(C)C(=O)Nc1[nH]ncc1C#N. The molecule has 5 heteroatoms. The first kappa shape index (κ1) is 10.3. The number of rotatable bonds is 1. The third-order valence-corrected chi connectivity index (χ3v) is 1.68. The normalized spacial score (nSPS) is 10.7. The van der Waals surface area contributed by atoms with Gasteiger partial charge in [-0.15, -0.1) is 0 Å². The van der Waals surface area contributed by atoms with E-state index >= 15 is 0 Å². The van der Waals surface area contributed by atoms with Crippen LogP contribution in [0, 0.1) is 16.7 Å². The van der Waals surface area contributed by atoms with Gasteiger partial charge in [0.25, 0.3) is 0 Å². The lowest BCUT2D eigenvalue weighted by atomic mass is 9.96. The number of H-pyrrole nitrogens is 1. The largest absolute Gasteiger partial charge is 0.310 e. The summed E-state index contributed by atoms with van der Waals surface area (Å²) in [5.41, 5.74) is -0.153. The molecular weight excluding hydrogens is 180 g/mol. The van der Waals surface area contributed by atoms with Crippen molar-refractivity contribution in [3.8, 4) is 6.07 Å². The molecule has 1 aromatic heterocycles. The highest BCUT2D eigenvalue weighted by molar-refractivity contribution is 5.94. The van der Waals surface area contributed by atoms with Crippen LogP contribution in [0.1, 0.15) is 26.3 Å². The number of nitriles is 1. The third-order valence-electron chi connectivity index (χ3n) is 1.68. The molecule has 2 N–H and O–H groups in total. The first-order valence-corrected chi connectivity index (χ1v) is 4.20. The van der Waals surface area contributed by atoms with Crippen LogP contribution in [-0.2, 0) is 4.79 Å². The van der Waals surface area contributed by atoms with Gasteiger partial charge in [0.15, 0.2) is 0 Å². The Morgan fingerprint density at radius 1 is 1.64 bits per heavy atom. The Balaban J connectivity index is 2.81. The van der Waals surface area contributed by atoms with E-state index in [1.54, 1.807) is 20.8 Å². The zero-order chi connectivity index (χ0) is 10.8. The second-order valence-corrected chi connectivity index (χ2v) is 3.97. The number of nitrogens with one attached hydrogen (secondary N) is 2. The van der Waals surface area contributed by atoms with Crippen molar-refractivity contribution >= 4 is 11.7 Å². The molecule has 0 spiro atoms. The summed E-state index contributed by atoms with van der Waals surface area (Å²) in [5.74, 6) is 0.200. The van der Waals surface area contributed by atoms with Gasteiger partial charge in [-0.25, -0.2) is 0 Å². The van der Waals surface area contributed by atoms with Crippen LogP contribution in [0.15, 0.2) is 6.20 Å². The van der Waals surface area contributed by atoms with Crippen molar-refractivity contribution in [3.63, 3.8) is 0 Å². The Bertz CT molecular complexity index is 380. The Labute approximate surface area is 82.1 Å². The molecule has 1 aromatic rings. The Hall–Kier alpha value is -1.83. The topological polar surface area (TPSA) is 81.6 Å². The summed E-state index contributed by atoms with van der Waals surface area (Å²) in [6.45, 7) is 5.39. The lowest BCUT2D eigenvalue weighted by molar-refractivity contribution is -0.123. The van der Waals surface area contributed by atoms with Gasteiger partial charge in [-0.05, 0) is 0 Å². The number of anilines is 1. The summed E-state index contributed by atoms with van der Waals surface area (Å²) in [6.07, 6.45) is 1.37. The van der Waals surface area contributed by atoms with Crippen LogP contribution in [0.5, 0.6) is 0 Å². The van der Waals surface area contributed by atoms with Crippen LogP contribution in [0.4, 0.5) is 5.82 Å². The van der Waals surface area contributed by atoms with E-state index in [-0.39, 0.29) is 5.91 Å². The lowest BCUT2D eigenvalue weighted by Gasteiger charge is -2.16. The summed E-state index contributed by atoms with van der Waals surface area (Å²) in [6, 6.07) is 1.92. The predicted molar refractivity (Wildman–Crippen MR) is 51.4 cm³/mol. The van der Waals surface area contributed by atoms with Crippen molar-refractivity contribution in [1.29, 1.82) is 5.26 Å². The Morgan fingerprint density at radius 2 is 2.29 bits per heavy atom. The van der Waals surface area contributed by atoms with E-state index < -0.39 is 5.41 Å². The molecule has 0 aromatic carbocycles. The molecule has 14 heavy (non-hydrogen) atoms. The van der Waals surface area contributed by atoms with Gasteiger partial charge in [-0.1, -0.05) is 20.8 Å². The number of hydrogen-bond donors (Lipinski definition) is 2. The fraction of sp³-hybridized carbons (Fsp3) is 0.444. The molecule has 0 aliphatic heterocycles. The third kappa shape index (κ3) is 2.10. The molecule has 0 radical (unpaired) electrons. The fourth-order valence-electron chi connectivity index (χ4n) is 0.767. The minimum atomic E-state index is -0.488. The van der Waals surface area contributed by atoms with Crippen molar-refractivity contribution < 1.29 is 4.79 Å². The van der Waals surface area contributed by atoms with E-state index in [0.717, 1.165) is 0 Å². The predicted octanol–water partition coefficient (Wildman–Crippen LogP) is 1.27. The molecule has 5 nitrogen and oxygen atoms in total. The molecule has 1 amide bonds. The molecular formula is C9H12N4O. The molecule has 0 bridgehead atoms. The zero-order valence-corrected chi connectivity index (χ0v) is 8.38. The van der Waals surface area contributed by atoms with E-state index in [1.807, 2.05) is 6.07 Å². The van der Waals surface area contributed by atoms with E-state index in [1.165, 1.54) is 6.20 Å². The highest BCUT2D eigenvalue weighted by atomic mass is 16.2. The number of hydrogen-bond acceptors (Lipinski definition) is 3. The first-order valence-electron chi connectivity index (χ1n) is 4.20. The highest BCUT2D eigenvalue weighted by Gasteiger charge is 2.22. The van der Waals surface area contributed by atoms with Crippen LogP contribution in [0.3, 0.4) is 0 Å². The van der Waals surface area contributed by atoms with Crippen LogP contribution in [0.25, 0.3) is 0 Å². The number of carbonyl (C=O) groups is 1. The summed E-state index contributed by atoms with van der Waals surface area (Å²) in [7, 11) is 0. The number of aromatic amines is 1. The minimum absolute atomic E-state index is 0.154. The summed E-state index contributed by atoms with van der Waals surface area (Å²) < 4.78 is 0. The first-order chi connectivity index (χ1) is 6.45. The smallest absolute Gasteiger partial charge is 0.230 e. The zero-order valence-electron chi connectivity index (χ0n) is 8.38. The maximum absolute atomic E-state index is 11.5. The second kappa shape index (κ2) is 3.50. The van der Waals surface area contributed by atoms with Gasteiger partial charge in [0, 0.05) is 5.41 Å². The molecule has 1 heterocycles. The van der Waals surface area contributed by atoms with E-state index in [9.17, 15) is 4.79 Å². The van der Waals surface area contributed by atoms with Crippen LogP contribution in [0.2, 0.25) is 0 Å². The number of aromatic nitrogens is 2. The molecule has 0 saturated carbocycles. The average Bonchev–Trinajstić information content (AvgIpc) is 2.50. The standard InChI is InChI=1S/C9H12N4O/c1-9(2,3)8(14)12-7-6(4-10)5-11-13-7/h5H,1-3H3,(H2,11,12,13,14). The van der Waals surface area contributed by atoms with Gasteiger partial charge >= 0.3 is 0 Å². The Kier molecular flexibility index (Phi) is 2.56. The van der Waals surface area contributed by atoms with Crippen molar-refractivity contribution in [1.82, 2.24) is 10.2 Å². The van der Waals surface area contributed by atoms with E-state index in [4.69, 9.17) is 5.26 Å². The fourth-order valence-corrected chi connectivity index (χ4v) is 0.767. The minimum Gasteiger partial charge on any atom is -0.310 e.